The van der Waals surface area contributed by atoms with Gasteiger partial charge in [-0.05, 0) is 37.3 Å². The van der Waals surface area contributed by atoms with Crippen molar-refractivity contribution in [2.24, 2.45) is 5.92 Å². The molecule has 98 valence electrons. The Kier molecular flexibility index (Phi) is 4.18. The summed E-state index contributed by atoms with van der Waals surface area (Å²) < 4.78 is 0. The van der Waals surface area contributed by atoms with Crippen molar-refractivity contribution in [3.63, 3.8) is 0 Å². The van der Waals surface area contributed by atoms with Crippen LogP contribution in [0.4, 0.5) is 5.69 Å². The molecule has 0 atom stereocenters. The van der Waals surface area contributed by atoms with Gasteiger partial charge in [0.25, 0.3) is 5.91 Å². The quantitative estimate of drug-likeness (QED) is 0.839. The third kappa shape index (κ3) is 3.22. The first kappa shape index (κ1) is 12.9. The van der Waals surface area contributed by atoms with Crippen LogP contribution >= 0.6 is 0 Å². The van der Waals surface area contributed by atoms with E-state index in [1.807, 2.05) is 18.0 Å². The first-order valence-corrected chi connectivity index (χ1v) is 6.67. The molecule has 4 heteroatoms. The van der Waals surface area contributed by atoms with Crippen molar-refractivity contribution in [1.82, 2.24) is 9.88 Å². The van der Waals surface area contributed by atoms with Crippen LogP contribution < -0.4 is 5.32 Å². The van der Waals surface area contributed by atoms with Crippen molar-refractivity contribution in [2.45, 2.75) is 26.2 Å². The monoisotopic (exact) mass is 247 g/mol. The van der Waals surface area contributed by atoms with Crippen LogP contribution in [0.2, 0.25) is 0 Å². The molecule has 0 aromatic carbocycles. The molecule has 1 amide bonds. The molecular weight excluding hydrogens is 226 g/mol. The zero-order chi connectivity index (χ0) is 13.0. The Labute approximate surface area is 108 Å². The van der Waals surface area contributed by atoms with Gasteiger partial charge in [-0.25, -0.2) is 4.98 Å². The lowest BCUT2D eigenvalue weighted by Gasteiger charge is -2.21. The van der Waals surface area contributed by atoms with E-state index in [1.165, 1.54) is 12.8 Å². The molecule has 1 heterocycles. The average molecular weight is 247 g/mol. The first-order valence-electron chi connectivity index (χ1n) is 6.67. The predicted octanol–water partition coefficient (Wildman–Crippen LogP) is 2.39. The van der Waals surface area contributed by atoms with E-state index < -0.39 is 0 Å². The Morgan fingerprint density at radius 1 is 1.50 bits per heavy atom. The lowest BCUT2D eigenvalue weighted by molar-refractivity contribution is 0.0742. The third-order valence-corrected chi connectivity index (χ3v) is 3.23. The van der Waals surface area contributed by atoms with E-state index in [0.717, 1.165) is 31.1 Å². The van der Waals surface area contributed by atoms with Gasteiger partial charge in [0.15, 0.2) is 0 Å². The van der Waals surface area contributed by atoms with Gasteiger partial charge in [0, 0.05) is 20.1 Å². The zero-order valence-corrected chi connectivity index (χ0v) is 11.1. The van der Waals surface area contributed by atoms with Gasteiger partial charge in [-0.15, -0.1) is 0 Å². The molecule has 0 radical (unpaired) electrons. The second kappa shape index (κ2) is 5.85. The van der Waals surface area contributed by atoms with Crippen LogP contribution in [0, 0.1) is 5.92 Å². The number of carbonyl (C=O) groups is 1. The Morgan fingerprint density at radius 3 is 2.78 bits per heavy atom. The van der Waals surface area contributed by atoms with E-state index in [1.54, 1.807) is 12.3 Å². The molecule has 2 rings (SSSR count). The summed E-state index contributed by atoms with van der Waals surface area (Å²) in [7, 11) is 1.84. The molecule has 1 N–H and O–H groups in total. The SMILES string of the molecule is CCCN(CC1CC1)C(=O)c1ccc(NC)cn1. The molecule has 1 aliphatic rings. The number of aromatic nitrogens is 1. The molecule has 0 spiro atoms. The second-order valence-electron chi connectivity index (χ2n) is 4.88. The topological polar surface area (TPSA) is 45.2 Å². The summed E-state index contributed by atoms with van der Waals surface area (Å²) in [4.78, 5) is 18.5. The fraction of sp³-hybridized carbons (Fsp3) is 0.571. The van der Waals surface area contributed by atoms with Crippen molar-refractivity contribution >= 4 is 11.6 Å². The summed E-state index contributed by atoms with van der Waals surface area (Å²) in [5.74, 6) is 0.781. The standard InChI is InChI=1S/C14H21N3O/c1-3-8-17(10-11-4-5-11)14(18)13-7-6-12(15-2)9-16-13/h6-7,9,11,15H,3-5,8,10H2,1-2H3. The highest BCUT2D eigenvalue weighted by molar-refractivity contribution is 5.92. The van der Waals surface area contributed by atoms with Crippen LogP contribution in [-0.4, -0.2) is 35.9 Å². The van der Waals surface area contributed by atoms with E-state index in [4.69, 9.17) is 0 Å². The zero-order valence-electron chi connectivity index (χ0n) is 11.1. The van der Waals surface area contributed by atoms with Crippen molar-refractivity contribution in [3.05, 3.63) is 24.0 Å². The normalized spacial score (nSPS) is 14.3. The molecule has 0 aliphatic heterocycles. The smallest absolute Gasteiger partial charge is 0.272 e. The van der Waals surface area contributed by atoms with E-state index in [0.29, 0.717) is 5.69 Å². The van der Waals surface area contributed by atoms with E-state index in [-0.39, 0.29) is 5.91 Å². The minimum Gasteiger partial charge on any atom is -0.387 e. The van der Waals surface area contributed by atoms with Gasteiger partial charge in [0.1, 0.15) is 5.69 Å². The number of carbonyl (C=O) groups excluding carboxylic acids is 1. The average Bonchev–Trinajstić information content (AvgIpc) is 3.21. The maximum Gasteiger partial charge on any atom is 0.272 e. The molecule has 1 aromatic heterocycles. The first-order chi connectivity index (χ1) is 8.74. The highest BCUT2D eigenvalue weighted by Crippen LogP contribution is 2.30. The number of rotatable bonds is 6. The van der Waals surface area contributed by atoms with Gasteiger partial charge >= 0.3 is 0 Å². The summed E-state index contributed by atoms with van der Waals surface area (Å²) >= 11 is 0. The molecule has 0 bridgehead atoms. The number of hydrogen-bond donors (Lipinski definition) is 1. The van der Waals surface area contributed by atoms with Crippen LogP contribution in [0.3, 0.4) is 0 Å². The summed E-state index contributed by atoms with van der Waals surface area (Å²) in [5, 5.41) is 3.00. The summed E-state index contributed by atoms with van der Waals surface area (Å²) in [6.07, 6.45) is 5.22. The van der Waals surface area contributed by atoms with Crippen LogP contribution in [-0.2, 0) is 0 Å². The molecule has 1 fully saturated rings. The van der Waals surface area contributed by atoms with Gasteiger partial charge in [-0.1, -0.05) is 6.92 Å². The second-order valence-corrected chi connectivity index (χ2v) is 4.88. The molecule has 18 heavy (non-hydrogen) atoms. The summed E-state index contributed by atoms with van der Waals surface area (Å²) in [6.45, 7) is 3.82. The van der Waals surface area contributed by atoms with Crippen LogP contribution in [0.5, 0.6) is 0 Å². The summed E-state index contributed by atoms with van der Waals surface area (Å²) in [5.41, 5.74) is 1.47. The molecule has 4 nitrogen and oxygen atoms in total. The Balaban J connectivity index is 2.05. The number of nitrogens with one attached hydrogen (secondary N) is 1. The van der Waals surface area contributed by atoms with Crippen LogP contribution in [0.15, 0.2) is 18.3 Å². The minimum atomic E-state index is 0.0615. The van der Waals surface area contributed by atoms with Gasteiger partial charge in [-0.3, -0.25) is 4.79 Å². The summed E-state index contributed by atoms with van der Waals surface area (Å²) in [6, 6.07) is 3.69. The van der Waals surface area contributed by atoms with Gasteiger partial charge in [0.05, 0.1) is 11.9 Å². The van der Waals surface area contributed by atoms with Crippen LogP contribution in [0.1, 0.15) is 36.7 Å². The maximum atomic E-state index is 12.3. The number of anilines is 1. The predicted molar refractivity (Wildman–Crippen MR) is 72.7 cm³/mol. The maximum absolute atomic E-state index is 12.3. The lowest BCUT2D eigenvalue weighted by atomic mass is 10.2. The third-order valence-electron chi connectivity index (χ3n) is 3.23. The molecule has 1 saturated carbocycles. The van der Waals surface area contributed by atoms with E-state index >= 15 is 0 Å². The number of pyridine rings is 1. The molecule has 0 unspecified atom stereocenters. The van der Waals surface area contributed by atoms with E-state index in [2.05, 4.69) is 17.2 Å². The number of hydrogen-bond acceptors (Lipinski definition) is 3. The van der Waals surface area contributed by atoms with Crippen molar-refractivity contribution in [3.8, 4) is 0 Å². The van der Waals surface area contributed by atoms with Crippen LogP contribution in [0.25, 0.3) is 0 Å². The molecule has 0 saturated heterocycles. The molecular formula is C14H21N3O. The van der Waals surface area contributed by atoms with Crippen molar-refractivity contribution in [1.29, 1.82) is 0 Å². The number of amides is 1. The molecule has 1 aromatic rings. The largest absolute Gasteiger partial charge is 0.387 e. The lowest BCUT2D eigenvalue weighted by Crippen LogP contribution is -2.34. The Morgan fingerprint density at radius 2 is 2.28 bits per heavy atom. The Hall–Kier alpha value is -1.58. The number of nitrogens with zero attached hydrogens (tertiary/aromatic N) is 2. The minimum absolute atomic E-state index is 0.0615. The fourth-order valence-corrected chi connectivity index (χ4v) is 1.99. The highest BCUT2D eigenvalue weighted by Gasteiger charge is 2.27. The van der Waals surface area contributed by atoms with Gasteiger partial charge in [-0.2, -0.15) is 0 Å². The fourth-order valence-electron chi connectivity index (χ4n) is 1.99. The molecule has 1 aliphatic carbocycles. The highest BCUT2D eigenvalue weighted by atomic mass is 16.2. The van der Waals surface area contributed by atoms with Crippen molar-refractivity contribution < 1.29 is 4.79 Å². The van der Waals surface area contributed by atoms with Gasteiger partial charge in [0.2, 0.25) is 0 Å². The van der Waals surface area contributed by atoms with E-state index in [9.17, 15) is 4.79 Å². The van der Waals surface area contributed by atoms with Crippen molar-refractivity contribution in [2.75, 3.05) is 25.5 Å². The van der Waals surface area contributed by atoms with Gasteiger partial charge < -0.3 is 10.2 Å². The Bertz CT molecular complexity index is 398.